The van der Waals surface area contributed by atoms with Gasteiger partial charge in [-0.05, 0) is 51.1 Å². The van der Waals surface area contributed by atoms with Crippen LogP contribution in [0.2, 0.25) is 0 Å². The molecule has 1 aliphatic carbocycles. The fraction of sp³-hybridized carbons (Fsp3) is 0.929. The molecule has 3 unspecified atom stereocenters. The molecule has 0 aromatic carbocycles. The van der Waals surface area contributed by atoms with Crippen LogP contribution in [0.15, 0.2) is 0 Å². The van der Waals surface area contributed by atoms with E-state index in [0.717, 1.165) is 32.5 Å². The molecule has 0 radical (unpaired) electrons. The summed E-state index contributed by atoms with van der Waals surface area (Å²) in [5.74, 6) is 1.39. The highest BCUT2D eigenvalue weighted by Crippen LogP contribution is 2.25. The van der Waals surface area contributed by atoms with Gasteiger partial charge in [0.2, 0.25) is 5.91 Å². The number of likely N-dealkylation sites (tertiary alicyclic amines) is 1. The first-order chi connectivity index (χ1) is 8.63. The van der Waals surface area contributed by atoms with Crippen LogP contribution in [-0.4, -0.2) is 43.5 Å². The Morgan fingerprint density at radius 2 is 2.17 bits per heavy atom. The molecule has 3 N–H and O–H groups in total. The van der Waals surface area contributed by atoms with Gasteiger partial charge in [0.15, 0.2) is 0 Å². The Bertz CT molecular complexity index is 282. The molecule has 2 rings (SSSR count). The Kier molecular flexibility index (Phi) is 5.01. The van der Waals surface area contributed by atoms with Gasteiger partial charge in [-0.1, -0.05) is 6.42 Å². The minimum atomic E-state index is 0.226. The molecule has 0 aromatic heterocycles. The first-order valence-electron chi connectivity index (χ1n) is 7.34. The van der Waals surface area contributed by atoms with E-state index in [-0.39, 0.29) is 5.91 Å². The van der Waals surface area contributed by atoms with E-state index in [1.807, 2.05) is 0 Å². The number of carbonyl (C=O) groups excluding carboxylic acids is 1. The smallest absolute Gasteiger partial charge is 0.220 e. The largest absolute Gasteiger partial charge is 0.356 e. The predicted octanol–water partition coefficient (Wildman–Crippen LogP) is 0.962. The Labute approximate surface area is 110 Å². The van der Waals surface area contributed by atoms with Crippen molar-refractivity contribution in [2.75, 3.05) is 26.7 Å². The normalized spacial score (nSPS) is 33.6. The Balaban J connectivity index is 1.62. The monoisotopic (exact) mass is 253 g/mol. The van der Waals surface area contributed by atoms with Gasteiger partial charge in [-0.2, -0.15) is 0 Å². The topological polar surface area (TPSA) is 58.4 Å². The van der Waals surface area contributed by atoms with E-state index >= 15 is 0 Å². The zero-order valence-electron chi connectivity index (χ0n) is 11.5. The molecular weight excluding hydrogens is 226 g/mol. The number of nitrogens with zero attached hydrogens (tertiary/aromatic N) is 1. The summed E-state index contributed by atoms with van der Waals surface area (Å²) in [5.41, 5.74) is 5.95. The molecule has 18 heavy (non-hydrogen) atoms. The molecule has 1 saturated heterocycles. The van der Waals surface area contributed by atoms with Crippen LogP contribution in [0, 0.1) is 11.8 Å². The number of hydrogen-bond donors (Lipinski definition) is 2. The second kappa shape index (κ2) is 6.53. The summed E-state index contributed by atoms with van der Waals surface area (Å²) in [6.07, 6.45) is 6.41. The van der Waals surface area contributed by atoms with Gasteiger partial charge in [-0.3, -0.25) is 4.79 Å². The quantitative estimate of drug-likeness (QED) is 0.784. The fourth-order valence-corrected chi connectivity index (χ4v) is 3.30. The third-order valence-electron chi connectivity index (χ3n) is 4.37. The van der Waals surface area contributed by atoms with Crippen LogP contribution >= 0.6 is 0 Å². The van der Waals surface area contributed by atoms with E-state index < -0.39 is 0 Å². The zero-order valence-corrected chi connectivity index (χ0v) is 11.5. The van der Waals surface area contributed by atoms with Crippen molar-refractivity contribution in [1.82, 2.24) is 10.2 Å². The first kappa shape index (κ1) is 13.8. The van der Waals surface area contributed by atoms with E-state index in [1.54, 1.807) is 0 Å². The molecule has 104 valence electrons. The molecule has 4 heteroatoms. The molecule has 0 aromatic rings. The molecule has 2 fully saturated rings. The second-order valence-corrected chi connectivity index (χ2v) is 6.22. The maximum absolute atomic E-state index is 11.9. The van der Waals surface area contributed by atoms with Crippen LogP contribution in [0.1, 0.15) is 38.5 Å². The van der Waals surface area contributed by atoms with Crippen molar-refractivity contribution in [3.8, 4) is 0 Å². The number of amides is 1. The fourth-order valence-electron chi connectivity index (χ4n) is 3.30. The van der Waals surface area contributed by atoms with Gasteiger partial charge in [0, 0.05) is 25.6 Å². The van der Waals surface area contributed by atoms with Crippen LogP contribution in [0.5, 0.6) is 0 Å². The molecule has 1 amide bonds. The molecule has 0 spiro atoms. The highest BCUT2D eigenvalue weighted by molar-refractivity contribution is 5.76. The summed E-state index contributed by atoms with van der Waals surface area (Å²) in [7, 11) is 2.14. The highest BCUT2D eigenvalue weighted by atomic mass is 16.1. The summed E-state index contributed by atoms with van der Waals surface area (Å²) < 4.78 is 0. The van der Waals surface area contributed by atoms with Crippen molar-refractivity contribution in [2.24, 2.45) is 17.6 Å². The van der Waals surface area contributed by atoms with Gasteiger partial charge in [0.1, 0.15) is 0 Å². The van der Waals surface area contributed by atoms with Gasteiger partial charge in [0.05, 0.1) is 0 Å². The van der Waals surface area contributed by atoms with Gasteiger partial charge in [-0.25, -0.2) is 0 Å². The SMILES string of the molecule is CN1CCC(CNC(=O)CC2CCCC(N)C2)C1. The summed E-state index contributed by atoms with van der Waals surface area (Å²) in [6.45, 7) is 3.13. The van der Waals surface area contributed by atoms with E-state index in [9.17, 15) is 4.79 Å². The van der Waals surface area contributed by atoms with E-state index in [4.69, 9.17) is 5.73 Å². The molecule has 1 aliphatic heterocycles. The van der Waals surface area contributed by atoms with Crippen LogP contribution in [0.25, 0.3) is 0 Å². The second-order valence-electron chi connectivity index (χ2n) is 6.22. The molecule has 0 bridgehead atoms. The third kappa shape index (κ3) is 4.25. The standard InChI is InChI=1S/C14H27N3O/c1-17-6-5-12(10-17)9-16-14(18)8-11-3-2-4-13(15)7-11/h11-13H,2-10,15H2,1H3,(H,16,18). The number of rotatable bonds is 4. The van der Waals surface area contributed by atoms with Crippen molar-refractivity contribution in [1.29, 1.82) is 0 Å². The average Bonchev–Trinajstić information content (AvgIpc) is 2.73. The van der Waals surface area contributed by atoms with Crippen molar-refractivity contribution in [3.63, 3.8) is 0 Å². The number of nitrogens with one attached hydrogen (secondary N) is 1. The minimum Gasteiger partial charge on any atom is -0.356 e. The summed E-state index contributed by atoms with van der Waals surface area (Å²) >= 11 is 0. The molecule has 1 saturated carbocycles. The maximum Gasteiger partial charge on any atom is 0.220 e. The van der Waals surface area contributed by atoms with Crippen LogP contribution in [-0.2, 0) is 4.79 Å². The maximum atomic E-state index is 11.9. The molecular formula is C14H27N3O. The first-order valence-corrected chi connectivity index (χ1v) is 7.34. The molecule has 4 nitrogen and oxygen atoms in total. The van der Waals surface area contributed by atoms with Crippen molar-refractivity contribution in [3.05, 3.63) is 0 Å². The molecule has 1 heterocycles. The van der Waals surface area contributed by atoms with Gasteiger partial charge < -0.3 is 16.0 Å². The van der Waals surface area contributed by atoms with Gasteiger partial charge in [-0.15, -0.1) is 0 Å². The Morgan fingerprint density at radius 3 is 2.83 bits per heavy atom. The van der Waals surface area contributed by atoms with Crippen LogP contribution < -0.4 is 11.1 Å². The van der Waals surface area contributed by atoms with Crippen LogP contribution in [0.3, 0.4) is 0 Å². The lowest BCUT2D eigenvalue weighted by Crippen LogP contribution is -2.34. The van der Waals surface area contributed by atoms with Gasteiger partial charge in [0.25, 0.3) is 0 Å². The summed E-state index contributed by atoms with van der Waals surface area (Å²) in [5, 5.41) is 3.10. The number of carbonyl (C=O) groups is 1. The molecule has 3 atom stereocenters. The summed E-state index contributed by atoms with van der Waals surface area (Å²) in [4.78, 5) is 14.2. The highest BCUT2D eigenvalue weighted by Gasteiger charge is 2.23. The molecule has 2 aliphatic rings. The number of hydrogen-bond acceptors (Lipinski definition) is 3. The minimum absolute atomic E-state index is 0.226. The number of nitrogens with two attached hydrogens (primary N) is 1. The van der Waals surface area contributed by atoms with E-state index in [1.165, 1.54) is 19.3 Å². The zero-order chi connectivity index (χ0) is 13.0. The predicted molar refractivity (Wildman–Crippen MR) is 73.2 cm³/mol. The van der Waals surface area contributed by atoms with E-state index in [2.05, 4.69) is 17.3 Å². The van der Waals surface area contributed by atoms with Crippen molar-refractivity contribution < 1.29 is 4.79 Å². The lowest BCUT2D eigenvalue weighted by Gasteiger charge is -2.26. The van der Waals surface area contributed by atoms with E-state index in [0.29, 0.717) is 24.3 Å². The van der Waals surface area contributed by atoms with Gasteiger partial charge >= 0.3 is 0 Å². The summed E-state index contributed by atoms with van der Waals surface area (Å²) in [6, 6.07) is 0.319. The Hall–Kier alpha value is -0.610. The average molecular weight is 253 g/mol. The Morgan fingerprint density at radius 1 is 1.33 bits per heavy atom. The third-order valence-corrected chi connectivity index (χ3v) is 4.37. The lowest BCUT2D eigenvalue weighted by atomic mass is 9.84. The van der Waals surface area contributed by atoms with Crippen molar-refractivity contribution >= 4 is 5.91 Å². The van der Waals surface area contributed by atoms with Crippen LogP contribution in [0.4, 0.5) is 0 Å². The van der Waals surface area contributed by atoms with Crippen molar-refractivity contribution in [2.45, 2.75) is 44.6 Å². The lowest BCUT2D eigenvalue weighted by molar-refractivity contribution is -0.122.